The molecular weight excluding hydrogens is 408 g/mol. The molecule has 1 atom stereocenters. The Labute approximate surface area is 178 Å². The minimum atomic E-state index is -2.93. The first-order chi connectivity index (χ1) is 14.9. The fourth-order valence-electron chi connectivity index (χ4n) is 3.75. The topological polar surface area (TPSA) is 114 Å². The molecule has 4 rings (SSSR count). The molecule has 0 aromatic carbocycles. The third-order valence-corrected chi connectivity index (χ3v) is 5.54. The quantitative estimate of drug-likeness (QED) is 0.571. The number of fused-ring (bicyclic) bond motifs is 1. The molecule has 168 valence electrons. The van der Waals surface area contributed by atoms with E-state index in [4.69, 9.17) is 15.2 Å². The number of likely N-dealkylation sites (tertiary alicyclic amines) is 1. The number of hydrogen-bond acceptors (Lipinski definition) is 8. The molecule has 0 amide bonds. The molecule has 4 N–H and O–H groups in total. The molecule has 11 heteroatoms. The van der Waals surface area contributed by atoms with Crippen LogP contribution in [0.3, 0.4) is 0 Å². The molecule has 0 spiro atoms. The Kier molecular flexibility index (Phi) is 6.05. The lowest BCUT2D eigenvalue weighted by molar-refractivity contribution is -0.133. The minimum absolute atomic E-state index is 0.0812. The Balaban J connectivity index is 1.50. The summed E-state index contributed by atoms with van der Waals surface area (Å²) in [5.74, 6) is -2.28. The first-order valence-electron chi connectivity index (χ1n) is 10.3. The van der Waals surface area contributed by atoms with Crippen molar-refractivity contribution in [1.29, 1.82) is 0 Å². The number of piperidine rings is 1. The van der Waals surface area contributed by atoms with Gasteiger partial charge in [-0.1, -0.05) is 0 Å². The summed E-state index contributed by atoms with van der Waals surface area (Å²) in [7, 11) is 0. The lowest BCUT2D eigenvalue weighted by Crippen LogP contribution is -2.59. The number of aliphatic imine (C=N–C) groups is 1. The summed E-state index contributed by atoms with van der Waals surface area (Å²) in [6, 6.07) is 0.783. The number of nitrogens with zero attached hydrogens (tertiary/aromatic N) is 4. The van der Waals surface area contributed by atoms with Gasteiger partial charge in [0.2, 0.25) is 11.8 Å². The molecule has 0 bridgehead atoms. The molecule has 2 aromatic heterocycles. The summed E-state index contributed by atoms with van der Waals surface area (Å²) >= 11 is 0. The van der Waals surface area contributed by atoms with Gasteiger partial charge in [-0.3, -0.25) is 9.89 Å². The van der Waals surface area contributed by atoms with Crippen LogP contribution in [-0.4, -0.2) is 76.5 Å². The largest absolute Gasteiger partial charge is 0.477 e. The van der Waals surface area contributed by atoms with Crippen molar-refractivity contribution in [2.45, 2.75) is 38.3 Å². The van der Waals surface area contributed by atoms with Crippen LogP contribution in [0.15, 0.2) is 29.2 Å². The summed E-state index contributed by atoms with van der Waals surface area (Å²) in [6.07, 6.45) is 3.28. The van der Waals surface area contributed by atoms with Crippen molar-refractivity contribution in [2.75, 3.05) is 38.2 Å². The second-order valence-corrected chi connectivity index (χ2v) is 7.67. The number of anilines is 1. The van der Waals surface area contributed by atoms with Gasteiger partial charge in [-0.15, -0.1) is 0 Å². The van der Waals surface area contributed by atoms with Crippen molar-refractivity contribution < 1.29 is 18.3 Å². The Morgan fingerprint density at radius 2 is 2.29 bits per heavy atom. The molecular formula is C20H27F2N7O2. The number of alkyl halides is 2. The van der Waals surface area contributed by atoms with Crippen LogP contribution in [0, 0.1) is 0 Å². The van der Waals surface area contributed by atoms with E-state index in [0.29, 0.717) is 49.3 Å². The Morgan fingerprint density at radius 3 is 2.94 bits per heavy atom. The lowest BCUT2D eigenvalue weighted by Gasteiger charge is -2.43. The average Bonchev–Trinajstić information content (AvgIpc) is 3.15. The molecule has 0 radical (unpaired) electrons. The van der Waals surface area contributed by atoms with E-state index in [1.165, 1.54) is 6.20 Å². The van der Waals surface area contributed by atoms with Crippen LogP contribution in [0.4, 0.5) is 14.7 Å². The highest BCUT2D eigenvalue weighted by atomic mass is 19.3. The third-order valence-electron chi connectivity index (χ3n) is 5.54. The average molecular weight is 435 g/mol. The maximum Gasteiger partial charge on any atom is 0.282 e. The van der Waals surface area contributed by atoms with Crippen molar-refractivity contribution in [2.24, 2.45) is 10.7 Å². The molecule has 2 saturated heterocycles. The molecule has 2 aromatic rings. The predicted molar refractivity (Wildman–Crippen MR) is 114 cm³/mol. The smallest absolute Gasteiger partial charge is 0.282 e. The van der Waals surface area contributed by atoms with Crippen LogP contribution in [0.1, 0.15) is 20.3 Å². The Morgan fingerprint density at radius 1 is 1.48 bits per heavy atom. The number of aromatic nitrogens is 3. The van der Waals surface area contributed by atoms with Crippen LogP contribution in [0.25, 0.3) is 11.0 Å². The van der Waals surface area contributed by atoms with E-state index in [1.807, 2.05) is 13.0 Å². The molecule has 1 unspecified atom stereocenters. The number of allylic oxidation sites excluding steroid dienone is 1. The molecule has 31 heavy (non-hydrogen) atoms. The van der Waals surface area contributed by atoms with Gasteiger partial charge in [0, 0.05) is 18.9 Å². The van der Waals surface area contributed by atoms with E-state index >= 15 is 0 Å². The molecule has 9 nitrogen and oxygen atoms in total. The fraction of sp³-hybridized carbons (Fsp3) is 0.550. The molecule has 2 aliphatic rings. The first kappa shape index (κ1) is 21.4. The number of nitrogens with one attached hydrogen (secondary N) is 2. The summed E-state index contributed by atoms with van der Waals surface area (Å²) in [4.78, 5) is 17.9. The van der Waals surface area contributed by atoms with E-state index in [2.05, 4.69) is 25.3 Å². The van der Waals surface area contributed by atoms with Gasteiger partial charge in [-0.2, -0.15) is 9.97 Å². The normalized spacial score (nSPS) is 23.0. The van der Waals surface area contributed by atoms with Gasteiger partial charge in [0.1, 0.15) is 11.7 Å². The van der Waals surface area contributed by atoms with Gasteiger partial charge >= 0.3 is 0 Å². The van der Waals surface area contributed by atoms with Crippen molar-refractivity contribution in [3.05, 3.63) is 24.2 Å². The SMILES string of the molecule is CCOc1nc(NC(=CN)C(C)=NC2CCN(C3COC3)CC2(F)F)nc2[nH]ccc12. The standard InChI is InChI=1S/C20H27F2N7O2/c1-3-31-18-14-4-6-24-17(14)27-19(28-18)26-15(8-23)12(2)25-16-5-7-29(11-20(16,21)22)13-9-30-10-13/h4,6,8,13,16H,3,5,7,9-11,23H2,1-2H3,(H2,24,26,27,28). The Bertz CT molecular complexity index is 987. The zero-order chi connectivity index (χ0) is 22.0. The summed E-state index contributed by atoms with van der Waals surface area (Å²) in [5, 5.41) is 3.73. The maximum absolute atomic E-state index is 14.8. The number of H-pyrrole nitrogens is 1. The van der Waals surface area contributed by atoms with Crippen LogP contribution in [0.5, 0.6) is 5.88 Å². The number of hydrogen-bond donors (Lipinski definition) is 3. The van der Waals surface area contributed by atoms with Crippen LogP contribution >= 0.6 is 0 Å². The van der Waals surface area contributed by atoms with Crippen LogP contribution in [-0.2, 0) is 4.74 Å². The molecule has 0 aliphatic carbocycles. The van der Waals surface area contributed by atoms with Gasteiger partial charge in [-0.05, 0) is 26.3 Å². The van der Waals surface area contributed by atoms with Crippen molar-refractivity contribution in [3.63, 3.8) is 0 Å². The summed E-state index contributed by atoms with van der Waals surface area (Å²) < 4.78 is 40.2. The third kappa shape index (κ3) is 4.47. The molecule has 0 saturated carbocycles. The molecule has 2 aliphatic heterocycles. The second-order valence-electron chi connectivity index (χ2n) is 7.67. The minimum Gasteiger partial charge on any atom is -0.477 e. The van der Waals surface area contributed by atoms with Crippen molar-refractivity contribution in [1.82, 2.24) is 19.9 Å². The first-order valence-corrected chi connectivity index (χ1v) is 10.3. The zero-order valence-corrected chi connectivity index (χ0v) is 17.6. The lowest BCUT2D eigenvalue weighted by atomic mass is 9.98. The second kappa shape index (κ2) is 8.75. The summed E-state index contributed by atoms with van der Waals surface area (Å²) in [5.41, 5.74) is 7.07. The highest BCUT2D eigenvalue weighted by Crippen LogP contribution is 2.32. The summed E-state index contributed by atoms with van der Waals surface area (Å²) in [6.45, 7) is 5.22. The van der Waals surface area contributed by atoms with Gasteiger partial charge in [0.15, 0.2) is 0 Å². The van der Waals surface area contributed by atoms with Gasteiger partial charge < -0.3 is 25.5 Å². The maximum atomic E-state index is 14.8. The van der Waals surface area contributed by atoms with Gasteiger partial charge in [-0.25, -0.2) is 8.78 Å². The van der Waals surface area contributed by atoms with E-state index in [-0.39, 0.29) is 25.0 Å². The number of rotatable bonds is 7. The zero-order valence-electron chi connectivity index (χ0n) is 17.6. The van der Waals surface area contributed by atoms with E-state index in [0.717, 1.165) is 5.39 Å². The molecule has 2 fully saturated rings. The number of nitrogens with two attached hydrogens (primary N) is 1. The van der Waals surface area contributed by atoms with E-state index in [9.17, 15) is 8.78 Å². The van der Waals surface area contributed by atoms with Crippen LogP contribution < -0.4 is 15.8 Å². The monoisotopic (exact) mass is 435 g/mol. The van der Waals surface area contributed by atoms with Crippen molar-refractivity contribution >= 4 is 22.7 Å². The number of ether oxygens (including phenoxy) is 2. The predicted octanol–water partition coefficient (Wildman–Crippen LogP) is 2.14. The highest BCUT2D eigenvalue weighted by Gasteiger charge is 2.47. The number of aromatic amines is 1. The highest BCUT2D eigenvalue weighted by molar-refractivity contribution is 6.00. The number of halogens is 2. The Hall–Kier alpha value is -2.79. The van der Waals surface area contributed by atoms with Gasteiger partial charge in [0.25, 0.3) is 5.92 Å². The van der Waals surface area contributed by atoms with E-state index in [1.54, 1.807) is 18.0 Å². The van der Waals surface area contributed by atoms with E-state index < -0.39 is 12.0 Å². The fourth-order valence-corrected chi connectivity index (χ4v) is 3.75. The van der Waals surface area contributed by atoms with Gasteiger partial charge in [0.05, 0.1) is 49.2 Å². The van der Waals surface area contributed by atoms with Crippen LogP contribution in [0.2, 0.25) is 0 Å². The molecule has 4 heterocycles. The van der Waals surface area contributed by atoms with Crippen molar-refractivity contribution in [3.8, 4) is 5.88 Å².